The Morgan fingerprint density at radius 2 is 1.89 bits per heavy atom. The third-order valence-corrected chi connectivity index (χ3v) is 6.20. The molecule has 1 aliphatic carbocycles. The van der Waals surface area contributed by atoms with Crippen LogP contribution in [-0.2, 0) is 9.47 Å². The molecule has 3 atom stereocenters. The van der Waals surface area contributed by atoms with Crippen LogP contribution in [0.25, 0.3) is 0 Å². The molecule has 1 saturated carbocycles. The molecule has 0 amide bonds. The summed E-state index contributed by atoms with van der Waals surface area (Å²) in [6, 6.07) is 0. The van der Waals surface area contributed by atoms with Crippen molar-refractivity contribution in [3.05, 3.63) is 0 Å². The Morgan fingerprint density at radius 1 is 1.17 bits per heavy atom. The van der Waals surface area contributed by atoms with Gasteiger partial charge in [0.15, 0.2) is 0 Å². The van der Waals surface area contributed by atoms with Crippen LogP contribution in [0.5, 0.6) is 0 Å². The van der Waals surface area contributed by atoms with Crippen molar-refractivity contribution in [1.82, 2.24) is 0 Å². The van der Waals surface area contributed by atoms with E-state index in [0.717, 1.165) is 49.8 Å². The van der Waals surface area contributed by atoms with Gasteiger partial charge < -0.3 is 9.47 Å². The van der Waals surface area contributed by atoms with Crippen molar-refractivity contribution < 1.29 is 9.47 Å². The summed E-state index contributed by atoms with van der Waals surface area (Å²) in [4.78, 5) is 0. The number of ether oxygens (including phenoxy) is 2. The van der Waals surface area contributed by atoms with Gasteiger partial charge in [0.05, 0.1) is 12.7 Å². The van der Waals surface area contributed by atoms with Crippen molar-refractivity contribution in [3.63, 3.8) is 0 Å². The smallest absolute Gasteiger partial charge is 0.0578 e. The van der Waals surface area contributed by atoms with Crippen molar-refractivity contribution in [3.8, 4) is 0 Å². The van der Waals surface area contributed by atoms with E-state index in [1.807, 2.05) is 0 Å². The van der Waals surface area contributed by atoms with Crippen LogP contribution in [0, 0.1) is 17.3 Å². The molecule has 2 fully saturated rings. The minimum absolute atomic E-state index is 0.324. The van der Waals surface area contributed by atoms with E-state index in [1.54, 1.807) is 0 Å². The fourth-order valence-electron chi connectivity index (χ4n) is 3.07. The van der Waals surface area contributed by atoms with Crippen LogP contribution in [0.4, 0.5) is 0 Å². The molecular formula is C15H27BrO2. The highest BCUT2D eigenvalue weighted by Crippen LogP contribution is 2.36. The van der Waals surface area contributed by atoms with E-state index in [1.165, 1.54) is 19.3 Å². The Kier molecular flexibility index (Phi) is 5.52. The number of hydrogen-bond acceptors (Lipinski definition) is 2. The quantitative estimate of drug-likeness (QED) is 0.729. The van der Waals surface area contributed by atoms with Crippen LogP contribution < -0.4 is 0 Å². The summed E-state index contributed by atoms with van der Waals surface area (Å²) in [5.41, 5.74) is 0.324. The zero-order valence-electron chi connectivity index (χ0n) is 11.8. The molecule has 3 unspecified atom stereocenters. The van der Waals surface area contributed by atoms with Gasteiger partial charge in [-0.15, -0.1) is 0 Å². The maximum absolute atomic E-state index is 6.25. The van der Waals surface area contributed by atoms with Crippen molar-refractivity contribution in [1.29, 1.82) is 0 Å². The first kappa shape index (κ1) is 14.8. The van der Waals surface area contributed by atoms with Gasteiger partial charge in [0.25, 0.3) is 0 Å². The van der Waals surface area contributed by atoms with E-state index in [2.05, 4.69) is 29.8 Å². The van der Waals surface area contributed by atoms with Crippen LogP contribution in [-0.4, -0.2) is 31.3 Å². The summed E-state index contributed by atoms with van der Waals surface area (Å²) in [5.74, 6) is 1.69. The van der Waals surface area contributed by atoms with Crippen LogP contribution in [0.3, 0.4) is 0 Å². The lowest BCUT2D eigenvalue weighted by atomic mass is 9.79. The number of alkyl halides is 1. The van der Waals surface area contributed by atoms with Crippen LogP contribution in [0.15, 0.2) is 0 Å². The molecule has 0 N–H and O–H groups in total. The summed E-state index contributed by atoms with van der Waals surface area (Å²) >= 11 is 3.68. The molecule has 0 radical (unpaired) electrons. The molecule has 0 aromatic carbocycles. The molecule has 0 bridgehead atoms. The Balaban J connectivity index is 1.79. The lowest BCUT2D eigenvalue weighted by Crippen LogP contribution is -2.38. The average Bonchev–Trinajstić information content (AvgIpc) is 2.41. The van der Waals surface area contributed by atoms with Crippen LogP contribution >= 0.6 is 15.9 Å². The maximum atomic E-state index is 6.25. The van der Waals surface area contributed by atoms with Crippen LogP contribution in [0.2, 0.25) is 0 Å². The van der Waals surface area contributed by atoms with E-state index < -0.39 is 0 Å². The Hall–Kier alpha value is 0.400. The predicted octanol–water partition coefficient (Wildman–Crippen LogP) is 4.02. The van der Waals surface area contributed by atoms with E-state index in [4.69, 9.17) is 9.47 Å². The summed E-state index contributed by atoms with van der Waals surface area (Å²) in [5, 5.41) is 1.04. The molecule has 1 aliphatic heterocycles. The van der Waals surface area contributed by atoms with Gasteiger partial charge in [0.2, 0.25) is 0 Å². The van der Waals surface area contributed by atoms with Crippen molar-refractivity contribution in [2.24, 2.45) is 17.3 Å². The van der Waals surface area contributed by atoms with Gasteiger partial charge in [-0.05, 0) is 43.9 Å². The third kappa shape index (κ3) is 3.71. The Bertz CT molecular complexity index is 251. The monoisotopic (exact) mass is 318 g/mol. The predicted molar refractivity (Wildman–Crippen MR) is 78.2 cm³/mol. The maximum Gasteiger partial charge on any atom is 0.0578 e. The fourth-order valence-corrected chi connectivity index (χ4v) is 3.79. The van der Waals surface area contributed by atoms with E-state index in [-0.39, 0.29) is 0 Å². The average molecular weight is 319 g/mol. The third-order valence-electron chi connectivity index (χ3n) is 5.01. The number of rotatable bonds is 4. The second-order valence-electron chi connectivity index (χ2n) is 6.45. The molecule has 1 saturated heterocycles. The molecule has 18 heavy (non-hydrogen) atoms. The molecule has 2 aliphatic rings. The van der Waals surface area contributed by atoms with Crippen LogP contribution in [0.1, 0.15) is 46.0 Å². The highest BCUT2D eigenvalue weighted by Gasteiger charge is 2.34. The zero-order chi connectivity index (χ0) is 13.0. The SMILES string of the molecule is CC1CCC(OCC2(CBr)CCOCC2)CC1C. The second kappa shape index (κ2) is 6.71. The molecule has 106 valence electrons. The van der Waals surface area contributed by atoms with Crippen molar-refractivity contribution >= 4 is 15.9 Å². The summed E-state index contributed by atoms with van der Waals surface area (Å²) < 4.78 is 11.7. The highest BCUT2D eigenvalue weighted by molar-refractivity contribution is 9.09. The van der Waals surface area contributed by atoms with Crippen molar-refractivity contribution in [2.75, 3.05) is 25.2 Å². The standard InChI is InChI=1S/C15H27BrO2/c1-12-3-4-14(9-13(12)2)18-11-15(10-16)5-7-17-8-6-15/h12-14H,3-11H2,1-2H3. The van der Waals surface area contributed by atoms with Gasteiger partial charge in [-0.2, -0.15) is 0 Å². The van der Waals surface area contributed by atoms with Gasteiger partial charge in [-0.3, -0.25) is 0 Å². The van der Waals surface area contributed by atoms with Gasteiger partial charge in [-0.1, -0.05) is 29.8 Å². The first-order valence-electron chi connectivity index (χ1n) is 7.40. The summed E-state index contributed by atoms with van der Waals surface area (Å²) in [6.45, 7) is 7.45. The zero-order valence-corrected chi connectivity index (χ0v) is 13.4. The highest BCUT2D eigenvalue weighted by atomic mass is 79.9. The largest absolute Gasteiger partial charge is 0.381 e. The topological polar surface area (TPSA) is 18.5 Å². The van der Waals surface area contributed by atoms with Gasteiger partial charge in [-0.25, -0.2) is 0 Å². The van der Waals surface area contributed by atoms with Gasteiger partial charge in [0.1, 0.15) is 0 Å². The second-order valence-corrected chi connectivity index (χ2v) is 7.01. The minimum Gasteiger partial charge on any atom is -0.381 e. The van der Waals surface area contributed by atoms with E-state index >= 15 is 0 Å². The summed E-state index contributed by atoms with van der Waals surface area (Å²) in [7, 11) is 0. The van der Waals surface area contributed by atoms with E-state index in [9.17, 15) is 0 Å². The van der Waals surface area contributed by atoms with Gasteiger partial charge in [0, 0.05) is 24.0 Å². The normalized spacial score (nSPS) is 36.5. The first-order valence-corrected chi connectivity index (χ1v) is 8.53. The Labute approximate surface area is 120 Å². The molecule has 3 heteroatoms. The minimum atomic E-state index is 0.324. The number of hydrogen-bond donors (Lipinski definition) is 0. The van der Waals surface area contributed by atoms with Crippen molar-refractivity contribution in [2.45, 2.75) is 52.1 Å². The molecule has 2 rings (SSSR count). The molecule has 2 nitrogen and oxygen atoms in total. The Morgan fingerprint density at radius 3 is 2.50 bits per heavy atom. The molecule has 1 heterocycles. The lowest BCUT2D eigenvalue weighted by molar-refractivity contribution is -0.0692. The molecule has 0 aromatic rings. The van der Waals surface area contributed by atoms with Gasteiger partial charge >= 0.3 is 0 Å². The molecule has 0 aromatic heterocycles. The first-order chi connectivity index (χ1) is 8.65. The molecular weight excluding hydrogens is 292 g/mol. The van der Waals surface area contributed by atoms with E-state index in [0.29, 0.717) is 11.5 Å². The lowest BCUT2D eigenvalue weighted by Gasteiger charge is -2.38. The fraction of sp³-hybridized carbons (Fsp3) is 1.00. The number of halogens is 1. The summed E-state index contributed by atoms with van der Waals surface area (Å²) in [6.07, 6.45) is 6.59. The molecule has 0 spiro atoms.